The molecule has 0 spiro atoms. The number of rotatable bonds is 9. The van der Waals surface area contributed by atoms with E-state index < -0.39 is 0 Å². The van der Waals surface area contributed by atoms with Crippen molar-refractivity contribution in [1.82, 2.24) is 14.1 Å². The highest BCUT2D eigenvalue weighted by Crippen LogP contribution is 2.18. The van der Waals surface area contributed by atoms with Gasteiger partial charge in [-0.25, -0.2) is 0 Å². The van der Waals surface area contributed by atoms with Crippen LogP contribution < -0.4 is 16.0 Å². The molecule has 6 nitrogen and oxygen atoms in total. The van der Waals surface area contributed by atoms with Crippen molar-refractivity contribution in [2.45, 2.75) is 12.3 Å². The van der Waals surface area contributed by atoms with Crippen molar-refractivity contribution in [2.24, 2.45) is 0 Å². The van der Waals surface area contributed by atoms with Crippen LogP contribution in [0.1, 0.15) is 11.5 Å². The molecule has 0 saturated heterocycles. The first kappa shape index (κ1) is 15.1. The van der Waals surface area contributed by atoms with Gasteiger partial charge in [-0.2, -0.15) is 20.5 Å². The number of thioether (sulfide) groups is 1. The van der Waals surface area contributed by atoms with E-state index in [0.717, 1.165) is 47.8 Å². The molecular weight excluding hydrogens is 294 g/mol. The van der Waals surface area contributed by atoms with E-state index in [4.69, 9.17) is 4.42 Å². The highest BCUT2D eigenvalue weighted by atomic mass is 32.2. The van der Waals surface area contributed by atoms with E-state index >= 15 is 0 Å². The van der Waals surface area contributed by atoms with Gasteiger partial charge in [-0.3, -0.25) is 0 Å². The van der Waals surface area contributed by atoms with Crippen LogP contribution in [0.15, 0.2) is 16.5 Å². The molecule has 0 aromatic carbocycles. The molecule has 2 rings (SSSR count). The lowest BCUT2D eigenvalue weighted by Crippen LogP contribution is -2.06. The van der Waals surface area contributed by atoms with Crippen LogP contribution in [0, 0.1) is 0 Å². The van der Waals surface area contributed by atoms with Crippen molar-refractivity contribution < 1.29 is 4.42 Å². The third-order valence-electron chi connectivity index (χ3n) is 2.58. The summed E-state index contributed by atoms with van der Waals surface area (Å²) in [4.78, 5) is 0. The third-order valence-corrected chi connectivity index (χ3v) is 4.09. The van der Waals surface area contributed by atoms with Gasteiger partial charge in [0.25, 0.3) is 0 Å². The predicted octanol–water partition coefficient (Wildman–Crippen LogP) is 2.24. The smallest absolute Gasteiger partial charge is 0.184 e. The second kappa shape index (κ2) is 8.13. The summed E-state index contributed by atoms with van der Waals surface area (Å²) in [7, 11) is 3.76. The molecule has 0 fully saturated rings. The Morgan fingerprint density at radius 2 is 2.00 bits per heavy atom. The molecular formula is C12H19N5OS2. The molecule has 20 heavy (non-hydrogen) atoms. The maximum Gasteiger partial charge on any atom is 0.184 e. The van der Waals surface area contributed by atoms with Gasteiger partial charge < -0.3 is 20.4 Å². The quantitative estimate of drug-likeness (QED) is 0.613. The normalized spacial score (nSPS) is 10.7. The Kier molecular flexibility index (Phi) is 6.16. The molecule has 0 amide bonds. The standard InChI is InChI=1S/C12H19N5OS2/c1-13-7-9-3-4-10(18-9)8-19-6-5-15-12-11(14-2)16-20-17-12/h3-4,13H,5-8H2,1-2H3,(H,14,16)(H,15,17). The largest absolute Gasteiger partial charge is 0.464 e. The van der Waals surface area contributed by atoms with Gasteiger partial charge in [0, 0.05) is 19.3 Å². The molecule has 0 saturated carbocycles. The summed E-state index contributed by atoms with van der Waals surface area (Å²) in [5, 5.41) is 9.34. The van der Waals surface area contributed by atoms with Gasteiger partial charge in [0.2, 0.25) is 0 Å². The Morgan fingerprint density at radius 3 is 2.80 bits per heavy atom. The van der Waals surface area contributed by atoms with E-state index in [2.05, 4.69) is 24.7 Å². The molecule has 2 aromatic rings. The Bertz CT molecular complexity index is 513. The van der Waals surface area contributed by atoms with Crippen LogP contribution in [-0.4, -0.2) is 35.1 Å². The maximum atomic E-state index is 5.68. The molecule has 0 bridgehead atoms. The van der Waals surface area contributed by atoms with Crippen molar-refractivity contribution in [3.63, 3.8) is 0 Å². The predicted molar refractivity (Wildman–Crippen MR) is 85.6 cm³/mol. The minimum absolute atomic E-state index is 0.774. The zero-order valence-corrected chi connectivity index (χ0v) is 13.2. The lowest BCUT2D eigenvalue weighted by molar-refractivity contribution is 0.469. The Labute approximate surface area is 127 Å². The summed E-state index contributed by atoms with van der Waals surface area (Å²) in [5.41, 5.74) is 0. The molecule has 0 aliphatic rings. The molecule has 0 aliphatic carbocycles. The van der Waals surface area contributed by atoms with Crippen LogP contribution in [0.25, 0.3) is 0 Å². The van der Waals surface area contributed by atoms with E-state index in [1.165, 1.54) is 11.7 Å². The molecule has 8 heteroatoms. The van der Waals surface area contributed by atoms with Crippen LogP contribution >= 0.6 is 23.5 Å². The molecule has 2 aromatic heterocycles. The van der Waals surface area contributed by atoms with Crippen molar-refractivity contribution in [3.05, 3.63) is 23.7 Å². The molecule has 110 valence electrons. The molecule has 0 radical (unpaired) electrons. The summed E-state index contributed by atoms with van der Waals surface area (Å²) >= 11 is 3.04. The summed E-state index contributed by atoms with van der Waals surface area (Å²) in [6.45, 7) is 1.63. The van der Waals surface area contributed by atoms with Gasteiger partial charge >= 0.3 is 0 Å². The Balaban J connectivity index is 1.63. The van der Waals surface area contributed by atoms with Gasteiger partial charge in [-0.1, -0.05) is 0 Å². The second-order valence-corrected chi connectivity index (χ2v) is 5.72. The summed E-state index contributed by atoms with van der Waals surface area (Å²) < 4.78 is 14.0. The Morgan fingerprint density at radius 1 is 1.20 bits per heavy atom. The molecule has 3 N–H and O–H groups in total. The number of hydrogen-bond acceptors (Lipinski definition) is 8. The SMILES string of the molecule is CNCc1ccc(CSCCNc2nsnc2NC)o1. The second-order valence-electron chi connectivity index (χ2n) is 4.09. The average molecular weight is 313 g/mol. The van der Waals surface area contributed by atoms with Gasteiger partial charge in [-0.05, 0) is 19.2 Å². The monoisotopic (exact) mass is 313 g/mol. The summed E-state index contributed by atoms with van der Waals surface area (Å²) in [6.07, 6.45) is 0. The molecule has 2 heterocycles. The minimum atomic E-state index is 0.774. The van der Waals surface area contributed by atoms with Gasteiger partial charge in [0.15, 0.2) is 11.6 Å². The molecule has 0 aliphatic heterocycles. The van der Waals surface area contributed by atoms with Gasteiger partial charge in [-0.15, -0.1) is 0 Å². The number of hydrogen-bond donors (Lipinski definition) is 3. The van der Waals surface area contributed by atoms with Crippen LogP contribution in [-0.2, 0) is 12.3 Å². The van der Waals surface area contributed by atoms with E-state index in [1.807, 2.05) is 38.0 Å². The number of furan rings is 1. The zero-order chi connectivity index (χ0) is 14.2. The Hall–Kier alpha value is -1.25. The minimum Gasteiger partial charge on any atom is -0.464 e. The maximum absolute atomic E-state index is 5.68. The van der Waals surface area contributed by atoms with Gasteiger partial charge in [0.1, 0.15) is 11.5 Å². The first-order valence-electron chi connectivity index (χ1n) is 6.37. The first-order valence-corrected chi connectivity index (χ1v) is 8.26. The highest BCUT2D eigenvalue weighted by molar-refractivity contribution is 7.98. The van der Waals surface area contributed by atoms with Gasteiger partial charge in [0.05, 0.1) is 24.0 Å². The van der Waals surface area contributed by atoms with Crippen LogP contribution in [0.5, 0.6) is 0 Å². The van der Waals surface area contributed by atoms with Crippen LogP contribution in [0.2, 0.25) is 0 Å². The van der Waals surface area contributed by atoms with Crippen molar-refractivity contribution >= 4 is 35.1 Å². The first-order chi connectivity index (χ1) is 9.83. The van der Waals surface area contributed by atoms with E-state index in [9.17, 15) is 0 Å². The third kappa shape index (κ3) is 4.39. The summed E-state index contributed by atoms with van der Waals surface area (Å²) in [6, 6.07) is 4.06. The number of nitrogens with zero attached hydrogens (tertiary/aromatic N) is 2. The van der Waals surface area contributed by atoms with Crippen LogP contribution in [0.4, 0.5) is 11.6 Å². The van der Waals surface area contributed by atoms with Crippen molar-refractivity contribution in [3.8, 4) is 0 Å². The summed E-state index contributed by atoms with van der Waals surface area (Å²) in [5.74, 6) is 5.51. The van der Waals surface area contributed by atoms with Crippen LogP contribution in [0.3, 0.4) is 0 Å². The van der Waals surface area contributed by atoms with Crippen molar-refractivity contribution in [2.75, 3.05) is 37.0 Å². The van der Waals surface area contributed by atoms with E-state index in [0.29, 0.717) is 0 Å². The van der Waals surface area contributed by atoms with Crippen molar-refractivity contribution in [1.29, 1.82) is 0 Å². The lowest BCUT2D eigenvalue weighted by Gasteiger charge is -2.04. The molecule has 0 unspecified atom stereocenters. The fourth-order valence-electron chi connectivity index (χ4n) is 1.65. The fourth-order valence-corrected chi connectivity index (χ4v) is 2.93. The van der Waals surface area contributed by atoms with E-state index in [-0.39, 0.29) is 0 Å². The lowest BCUT2D eigenvalue weighted by atomic mass is 10.4. The molecule has 0 atom stereocenters. The fraction of sp³-hybridized carbons (Fsp3) is 0.500. The highest BCUT2D eigenvalue weighted by Gasteiger charge is 2.05. The van der Waals surface area contributed by atoms with E-state index in [1.54, 1.807) is 0 Å². The topological polar surface area (TPSA) is 75.0 Å². The number of anilines is 2. The zero-order valence-electron chi connectivity index (χ0n) is 11.6. The average Bonchev–Trinajstić information content (AvgIpc) is 3.08. The number of nitrogens with one attached hydrogen (secondary N) is 3. The number of aromatic nitrogens is 2.